The monoisotopic (exact) mass is 277 g/mol. The smallest absolute Gasteiger partial charge is 0.308 e. The number of amides is 1. The van der Waals surface area contributed by atoms with Crippen molar-refractivity contribution in [3.8, 4) is 0 Å². The number of nitrogens with zero attached hydrogens (tertiary/aromatic N) is 1. The van der Waals surface area contributed by atoms with E-state index < -0.39 is 0 Å². The molecule has 0 spiro atoms. The SMILES string of the molecule is COC(=O)C1CCN(C(=O)C2C3C4CCC(C4)C23)CC1. The van der Waals surface area contributed by atoms with Gasteiger partial charge in [0.2, 0.25) is 5.91 Å². The summed E-state index contributed by atoms with van der Waals surface area (Å²) in [4.78, 5) is 26.2. The predicted molar refractivity (Wildman–Crippen MR) is 72.6 cm³/mol. The molecule has 2 bridgehead atoms. The van der Waals surface area contributed by atoms with Crippen LogP contribution in [0.2, 0.25) is 0 Å². The number of ether oxygens (including phenoxy) is 1. The molecule has 0 N–H and O–H groups in total. The molecule has 0 aromatic rings. The van der Waals surface area contributed by atoms with Crippen LogP contribution in [0.25, 0.3) is 0 Å². The first-order valence-electron chi connectivity index (χ1n) is 8.07. The van der Waals surface area contributed by atoms with Crippen molar-refractivity contribution in [2.75, 3.05) is 20.2 Å². The molecule has 3 aliphatic carbocycles. The summed E-state index contributed by atoms with van der Waals surface area (Å²) in [6.45, 7) is 1.48. The van der Waals surface area contributed by atoms with Crippen LogP contribution in [0.5, 0.6) is 0 Å². The zero-order valence-electron chi connectivity index (χ0n) is 12.1. The fourth-order valence-electron chi connectivity index (χ4n) is 5.37. The molecule has 110 valence electrons. The van der Waals surface area contributed by atoms with E-state index in [1.165, 1.54) is 26.4 Å². The molecule has 1 amide bonds. The van der Waals surface area contributed by atoms with Gasteiger partial charge in [-0.25, -0.2) is 0 Å². The Morgan fingerprint density at radius 2 is 1.60 bits per heavy atom. The van der Waals surface area contributed by atoms with Gasteiger partial charge < -0.3 is 9.64 Å². The Kier molecular flexibility index (Phi) is 2.83. The van der Waals surface area contributed by atoms with Gasteiger partial charge in [0.25, 0.3) is 0 Å². The lowest BCUT2D eigenvalue weighted by Gasteiger charge is -2.31. The number of hydrogen-bond acceptors (Lipinski definition) is 3. The Morgan fingerprint density at radius 3 is 2.15 bits per heavy atom. The zero-order chi connectivity index (χ0) is 13.9. The molecule has 4 aliphatic rings. The number of carbonyl (C=O) groups is 2. The third-order valence-corrected chi connectivity index (χ3v) is 6.36. The second kappa shape index (κ2) is 4.47. The molecular formula is C16H23NO3. The van der Waals surface area contributed by atoms with E-state index in [9.17, 15) is 9.59 Å². The average Bonchev–Trinajstić information content (AvgIpc) is 2.93. The first-order chi connectivity index (χ1) is 9.70. The number of methoxy groups -OCH3 is 1. The highest BCUT2D eigenvalue weighted by atomic mass is 16.5. The molecule has 1 saturated heterocycles. The summed E-state index contributed by atoms with van der Waals surface area (Å²) < 4.78 is 4.80. The largest absolute Gasteiger partial charge is 0.469 e. The molecule has 0 aromatic heterocycles. The maximum absolute atomic E-state index is 12.6. The van der Waals surface area contributed by atoms with Crippen molar-refractivity contribution in [2.24, 2.45) is 35.5 Å². The predicted octanol–water partition coefficient (Wildman–Crippen LogP) is 1.69. The van der Waals surface area contributed by atoms with Crippen LogP contribution in [0.15, 0.2) is 0 Å². The van der Waals surface area contributed by atoms with Crippen molar-refractivity contribution < 1.29 is 14.3 Å². The normalized spacial score (nSPS) is 42.5. The number of fused-ring (bicyclic) bond motifs is 5. The number of piperidine rings is 1. The molecule has 20 heavy (non-hydrogen) atoms. The topological polar surface area (TPSA) is 46.6 Å². The van der Waals surface area contributed by atoms with E-state index in [0.717, 1.165) is 49.6 Å². The molecule has 4 nitrogen and oxygen atoms in total. The standard InChI is InChI=1S/C16H23NO3/c1-20-16(19)9-4-6-17(7-5-9)15(18)14-12-10-2-3-11(8-10)13(12)14/h9-14H,2-8H2,1H3. The summed E-state index contributed by atoms with van der Waals surface area (Å²) in [5.41, 5.74) is 0. The molecule has 0 aromatic carbocycles. The average molecular weight is 277 g/mol. The van der Waals surface area contributed by atoms with E-state index in [0.29, 0.717) is 11.8 Å². The van der Waals surface area contributed by atoms with Crippen molar-refractivity contribution in [2.45, 2.75) is 32.1 Å². The molecule has 0 radical (unpaired) electrons. The van der Waals surface area contributed by atoms with Crippen LogP contribution in [0.3, 0.4) is 0 Å². The van der Waals surface area contributed by atoms with E-state index in [1.54, 1.807) is 0 Å². The molecule has 1 aliphatic heterocycles. The zero-order valence-corrected chi connectivity index (χ0v) is 12.1. The lowest BCUT2D eigenvalue weighted by Crippen LogP contribution is -2.42. The molecule has 3 saturated carbocycles. The van der Waals surface area contributed by atoms with E-state index >= 15 is 0 Å². The summed E-state index contributed by atoms with van der Waals surface area (Å²) in [5.74, 6) is 3.77. The lowest BCUT2D eigenvalue weighted by atomic mass is 9.95. The highest BCUT2D eigenvalue weighted by Gasteiger charge is 2.68. The van der Waals surface area contributed by atoms with E-state index in [2.05, 4.69) is 0 Å². The summed E-state index contributed by atoms with van der Waals surface area (Å²) in [7, 11) is 1.45. The minimum absolute atomic E-state index is 0.000988. The molecule has 4 atom stereocenters. The maximum atomic E-state index is 12.6. The molecule has 1 heterocycles. The van der Waals surface area contributed by atoms with Crippen LogP contribution in [0.4, 0.5) is 0 Å². The minimum atomic E-state index is -0.113. The van der Waals surface area contributed by atoms with Gasteiger partial charge in [0.15, 0.2) is 0 Å². The fraction of sp³-hybridized carbons (Fsp3) is 0.875. The summed E-state index contributed by atoms with van der Waals surface area (Å²) in [5, 5.41) is 0. The molecule has 4 unspecified atom stereocenters. The Hall–Kier alpha value is -1.06. The summed E-state index contributed by atoms with van der Waals surface area (Å²) in [6, 6.07) is 0. The molecular weight excluding hydrogens is 254 g/mol. The van der Waals surface area contributed by atoms with E-state index in [-0.39, 0.29) is 11.9 Å². The number of likely N-dealkylation sites (tertiary alicyclic amines) is 1. The Labute approximate surface area is 119 Å². The number of carbonyl (C=O) groups excluding carboxylic acids is 2. The summed E-state index contributed by atoms with van der Waals surface area (Å²) in [6.07, 6.45) is 5.66. The van der Waals surface area contributed by atoms with Crippen molar-refractivity contribution in [1.29, 1.82) is 0 Å². The summed E-state index contributed by atoms with van der Waals surface area (Å²) >= 11 is 0. The Balaban J connectivity index is 1.34. The second-order valence-electron chi connectivity index (χ2n) is 7.14. The van der Waals surface area contributed by atoms with Gasteiger partial charge in [-0.2, -0.15) is 0 Å². The second-order valence-corrected chi connectivity index (χ2v) is 7.14. The number of esters is 1. The molecule has 4 fully saturated rings. The number of rotatable bonds is 2. The van der Waals surface area contributed by atoms with Gasteiger partial charge in [0.05, 0.1) is 13.0 Å². The van der Waals surface area contributed by atoms with Crippen LogP contribution in [-0.4, -0.2) is 37.0 Å². The Morgan fingerprint density at radius 1 is 1.00 bits per heavy atom. The third kappa shape index (κ3) is 1.73. The van der Waals surface area contributed by atoms with E-state index in [1.807, 2.05) is 4.90 Å². The van der Waals surface area contributed by atoms with Crippen LogP contribution in [0, 0.1) is 35.5 Å². The van der Waals surface area contributed by atoms with Crippen molar-refractivity contribution in [3.63, 3.8) is 0 Å². The minimum Gasteiger partial charge on any atom is -0.469 e. The van der Waals surface area contributed by atoms with Crippen molar-refractivity contribution in [1.82, 2.24) is 4.90 Å². The van der Waals surface area contributed by atoms with Crippen LogP contribution in [0.1, 0.15) is 32.1 Å². The van der Waals surface area contributed by atoms with Crippen molar-refractivity contribution >= 4 is 11.9 Å². The Bertz CT molecular complexity index is 425. The highest BCUT2D eigenvalue weighted by molar-refractivity contribution is 5.83. The van der Waals surface area contributed by atoms with Crippen LogP contribution >= 0.6 is 0 Å². The third-order valence-electron chi connectivity index (χ3n) is 6.36. The van der Waals surface area contributed by atoms with E-state index in [4.69, 9.17) is 4.74 Å². The first-order valence-corrected chi connectivity index (χ1v) is 8.07. The van der Waals surface area contributed by atoms with Gasteiger partial charge >= 0.3 is 5.97 Å². The number of hydrogen-bond donors (Lipinski definition) is 0. The molecule has 4 rings (SSSR count). The molecule has 4 heteroatoms. The van der Waals surface area contributed by atoms with Crippen molar-refractivity contribution in [3.05, 3.63) is 0 Å². The fourth-order valence-corrected chi connectivity index (χ4v) is 5.37. The highest BCUT2D eigenvalue weighted by Crippen LogP contribution is 2.69. The van der Waals surface area contributed by atoms with Crippen LogP contribution in [-0.2, 0) is 14.3 Å². The van der Waals surface area contributed by atoms with Gasteiger partial charge in [-0.1, -0.05) is 0 Å². The van der Waals surface area contributed by atoms with Gasteiger partial charge in [0.1, 0.15) is 0 Å². The lowest BCUT2D eigenvalue weighted by molar-refractivity contribution is -0.149. The van der Waals surface area contributed by atoms with Gasteiger partial charge in [0, 0.05) is 19.0 Å². The maximum Gasteiger partial charge on any atom is 0.308 e. The van der Waals surface area contributed by atoms with Gasteiger partial charge in [-0.3, -0.25) is 9.59 Å². The first kappa shape index (κ1) is 12.7. The quantitative estimate of drug-likeness (QED) is 0.722. The van der Waals surface area contributed by atoms with Gasteiger partial charge in [-0.05, 0) is 55.8 Å². The van der Waals surface area contributed by atoms with Gasteiger partial charge in [-0.15, -0.1) is 0 Å². The van der Waals surface area contributed by atoms with Crippen LogP contribution < -0.4 is 0 Å².